The molecule has 0 aliphatic heterocycles. The number of carbonyl (C=O) groups is 2. The highest BCUT2D eigenvalue weighted by molar-refractivity contribution is 5.96. The molecule has 1 aromatic rings. The van der Waals surface area contributed by atoms with Gasteiger partial charge in [0.05, 0.1) is 19.3 Å². The molecule has 19 heavy (non-hydrogen) atoms. The van der Waals surface area contributed by atoms with Gasteiger partial charge in [0.15, 0.2) is 6.04 Å². The molecule has 7 heteroatoms. The second-order valence-electron chi connectivity index (χ2n) is 4.03. The Morgan fingerprint density at radius 1 is 1.47 bits per heavy atom. The fraction of sp³-hybridized carbons (Fsp3) is 0.417. The van der Waals surface area contributed by atoms with Crippen LogP contribution in [-0.4, -0.2) is 55.8 Å². The Morgan fingerprint density at radius 2 is 2.16 bits per heavy atom. The monoisotopic (exact) mass is 267 g/mol. The Bertz CT molecular complexity index is 445. The first kappa shape index (κ1) is 14.9. The van der Waals surface area contributed by atoms with Crippen LogP contribution in [0.15, 0.2) is 18.3 Å². The third kappa shape index (κ3) is 3.92. The van der Waals surface area contributed by atoms with Crippen molar-refractivity contribution in [2.45, 2.75) is 6.04 Å². The van der Waals surface area contributed by atoms with E-state index in [1.807, 2.05) is 14.1 Å². The van der Waals surface area contributed by atoms with Crippen molar-refractivity contribution in [1.82, 2.24) is 10.3 Å². The van der Waals surface area contributed by atoms with Crippen molar-refractivity contribution >= 4 is 17.7 Å². The number of rotatable bonds is 5. The van der Waals surface area contributed by atoms with Gasteiger partial charge in [-0.2, -0.15) is 0 Å². The topological polar surface area (TPSA) is 91.8 Å². The highest BCUT2D eigenvalue weighted by Gasteiger charge is 2.21. The van der Waals surface area contributed by atoms with E-state index < -0.39 is 24.5 Å². The Balaban J connectivity index is 2.74. The van der Waals surface area contributed by atoms with Crippen molar-refractivity contribution in [2.24, 2.45) is 0 Å². The molecule has 1 rings (SSSR count). The summed E-state index contributed by atoms with van der Waals surface area (Å²) in [5, 5.41) is 11.4. The van der Waals surface area contributed by atoms with E-state index >= 15 is 0 Å². The maximum Gasteiger partial charge on any atom is 0.330 e. The molecule has 1 atom stereocenters. The number of aromatic nitrogens is 1. The number of nitrogens with one attached hydrogen (secondary N) is 1. The fourth-order valence-corrected chi connectivity index (χ4v) is 1.35. The summed E-state index contributed by atoms with van der Waals surface area (Å²) in [4.78, 5) is 28.9. The smallest absolute Gasteiger partial charge is 0.330 e. The average molecular weight is 267 g/mol. The van der Waals surface area contributed by atoms with E-state index in [1.165, 1.54) is 13.3 Å². The van der Waals surface area contributed by atoms with Gasteiger partial charge in [-0.05, 0) is 12.1 Å². The zero-order valence-electron chi connectivity index (χ0n) is 11.1. The first-order chi connectivity index (χ1) is 8.99. The molecule has 1 unspecified atom stereocenters. The Morgan fingerprint density at radius 3 is 2.58 bits per heavy atom. The van der Waals surface area contributed by atoms with Crippen LogP contribution in [0.4, 0.5) is 5.82 Å². The Labute approximate surface area is 111 Å². The first-order valence-corrected chi connectivity index (χ1v) is 5.62. The lowest BCUT2D eigenvalue weighted by molar-refractivity contribution is -0.143. The number of esters is 1. The molecule has 0 saturated carbocycles. The summed E-state index contributed by atoms with van der Waals surface area (Å²) >= 11 is 0. The van der Waals surface area contributed by atoms with Gasteiger partial charge in [0.25, 0.3) is 5.91 Å². The molecule has 104 valence electrons. The van der Waals surface area contributed by atoms with Crippen LogP contribution in [-0.2, 0) is 9.53 Å². The SMILES string of the molecule is COC(=O)C(CO)NC(=O)c1ccc(N(C)C)nc1. The van der Waals surface area contributed by atoms with E-state index in [-0.39, 0.29) is 0 Å². The van der Waals surface area contributed by atoms with Gasteiger partial charge in [0.1, 0.15) is 5.82 Å². The zero-order chi connectivity index (χ0) is 14.4. The number of ether oxygens (including phenoxy) is 1. The van der Waals surface area contributed by atoms with E-state index in [4.69, 9.17) is 5.11 Å². The highest BCUT2D eigenvalue weighted by atomic mass is 16.5. The molecule has 0 aromatic carbocycles. The number of aliphatic hydroxyl groups is 1. The van der Waals surface area contributed by atoms with Crippen molar-refractivity contribution in [3.8, 4) is 0 Å². The predicted octanol–water partition coefficient (Wildman–Crippen LogP) is -0.589. The highest BCUT2D eigenvalue weighted by Crippen LogP contribution is 2.07. The van der Waals surface area contributed by atoms with Crippen LogP contribution >= 0.6 is 0 Å². The standard InChI is InChI=1S/C12H17N3O4/c1-15(2)10-5-4-8(6-13-10)11(17)14-9(7-16)12(18)19-3/h4-6,9,16H,7H2,1-3H3,(H,14,17). The molecule has 1 heterocycles. The molecule has 1 amide bonds. The van der Waals surface area contributed by atoms with E-state index in [1.54, 1.807) is 17.0 Å². The summed E-state index contributed by atoms with van der Waals surface area (Å²) in [7, 11) is 4.85. The number of carbonyl (C=O) groups excluding carboxylic acids is 2. The number of pyridine rings is 1. The van der Waals surface area contributed by atoms with Crippen LogP contribution in [0.2, 0.25) is 0 Å². The minimum Gasteiger partial charge on any atom is -0.467 e. The van der Waals surface area contributed by atoms with E-state index in [9.17, 15) is 9.59 Å². The average Bonchev–Trinajstić information content (AvgIpc) is 2.43. The molecular formula is C12H17N3O4. The fourth-order valence-electron chi connectivity index (χ4n) is 1.35. The van der Waals surface area contributed by atoms with Gasteiger partial charge in [-0.25, -0.2) is 9.78 Å². The number of methoxy groups -OCH3 is 1. The quantitative estimate of drug-likeness (QED) is 0.693. The second kappa shape index (κ2) is 6.69. The maximum absolute atomic E-state index is 11.8. The van der Waals surface area contributed by atoms with Crippen LogP contribution < -0.4 is 10.2 Å². The van der Waals surface area contributed by atoms with Crippen molar-refractivity contribution in [2.75, 3.05) is 32.7 Å². The number of hydrogen-bond donors (Lipinski definition) is 2. The third-order valence-electron chi connectivity index (χ3n) is 2.44. The number of nitrogens with zero attached hydrogens (tertiary/aromatic N) is 2. The number of aliphatic hydroxyl groups excluding tert-OH is 1. The van der Waals surface area contributed by atoms with Crippen LogP contribution in [0.1, 0.15) is 10.4 Å². The van der Waals surface area contributed by atoms with Gasteiger partial charge < -0.3 is 20.1 Å². The molecule has 0 aliphatic rings. The molecule has 0 spiro atoms. The molecular weight excluding hydrogens is 250 g/mol. The first-order valence-electron chi connectivity index (χ1n) is 5.62. The summed E-state index contributed by atoms with van der Waals surface area (Å²) in [6.07, 6.45) is 1.40. The molecule has 7 nitrogen and oxygen atoms in total. The van der Waals surface area contributed by atoms with Gasteiger partial charge in [-0.1, -0.05) is 0 Å². The third-order valence-corrected chi connectivity index (χ3v) is 2.44. The number of amides is 1. The van der Waals surface area contributed by atoms with E-state index in [0.717, 1.165) is 0 Å². The van der Waals surface area contributed by atoms with Crippen molar-refractivity contribution < 1.29 is 19.4 Å². The summed E-state index contributed by atoms with van der Waals surface area (Å²) in [5.74, 6) is -0.487. The van der Waals surface area contributed by atoms with Crippen molar-refractivity contribution in [3.05, 3.63) is 23.9 Å². The van der Waals surface area contributed by atoms with Gasteiger partial charge in [-0.15, -0.1) is 0 Å². The molecule has 2 N–H and O–H groups in total. The number of hydrogen-bond acceptors (Lipinski definition) is 6. The van der Waals surface area contributed by atoms with Crippen LogP contribution in [0, 0.1) is 0 Å². The second-order valence-corrected chi connectivity index (χ2v) is 4.03. The lowest BCUT2D eigenvalue weighted by Gasteiger charge is -2.14. The summed E-state index contributed by atoms with van der Waals surface area (Å²) < 4.78 is 4.45. The maximum atomic E-state index is 11.8. The molecule has 0 bridgehead atoms. The van der Waals surface area contributed by atoms with Crippen molar-refractivity contribution in [1.29, 1.82) is 0 Å². The molecule has 0 aliphatic carbocycles. The molecule has 0 saturated heterocycles. The molecule has 0 radical (unpaired) electrons. The minimum absolute atomic E-state index is 0.299. The summed E-state index contributed by atoms with van der Waals surface area (Å²) in [5.41, 5.74) is 0.299. The molecule has 1 aromatic heterocycles. The van der Waals surface area contributed by atoms with Gasteiger partial charge in [0.2, 0.25) is 0 Å². The number of anilines is 1. The van der Waals surface area contributed by atoms with Crippen LogP contribution in [0.25, 0.3) is 0 Å². The minimum atomic E-state index is -1.08. The van der Waals surface area contributed by atoms with E-state index in [2.05, 4.69) is 15.0 Å². The largest absolute Gasteiger partial charge is 0.467 e. The predicted molar refractivity (Wildman–Crippen MR) is 68.9 cm³/mol. The summed E-state index contributed by atoms with van der Waals surface area (Å²) in [6.45, 7) is -0.526. The van der Waals surface area contributed by atoms with Gasteiger partial charge in [0, 0.05) is 20.3 Å². The Kier molecular flexibility index (Phi) is 5.25. The zero-order valence-corrected chi connectivity index (χ0v) is 11.1. The van der Waals surface area contributed by atoms with Crippen molar-refractivity contribution in [3.63, 3.8) is 0 Å². The lowest BCUT2D eigenvalue weighted by Crippen LogP contribution is -2.44. The van der Waals surface area contributed by atoms with Crippen LogP contribution in [0.3, 0.4) is 0 Å². The Hall–Kier alpha value is -2.15. The van der Waals surface area contributed by atoms with E-state index in [0.29, 0.717) is 11.4 Å². The lowest BCUT2D eigenvalue weighted by atomic mass is 10.2. The van der Waals surface area contributed by atoms with Gasteiger partial charge >= 0.3 is 5.97 Å². The summed E-state index contributed by atoms with van der Waals surface area (Å²) in [6, 6.07) is 2.19. The molecule has 0 fully saturated rings. The normalized spacial score (nSPS) is 11.6. The van der Waals surface area contributed by atoms with Crippen LogP contribution in [0.5, 0.6) is 0 Å². The van der Waals surface area contributed by atoms with Gasteiger partial charge in [-0.3, -0.25) is 4.79 Å².